The minimum atomic E-state index is -1.58. The van der Waals surface area contributed by atoms with E-state index in [1.807, 2.05) is 47.9 Å². The number of H-pyrrole nitrogens is 1. The maximum atomic E-state index is 15.8. The van der Waals surface area contributed by atoms with Gasteiger partial charge in [0.15, 0.2) is 0 Å². The molecule has 1 saturated heterocycles. The number of ether oxygens (including phenoxy) is 1. The van der Waals surface area contributed by atoms with Crippen molar-refractivity contribution in [3.63, 3.8) is 0 Å². The summed E-state index contributed by atoms with van der Waals surface area (Å²) in [5.41, 5.74) is 0.319. The number of fused-ring (bicyclic) bond motifs is 3. The molecule has 1 fully saturated rings. The number of para-hydroxylation sites is 1. The van der Waals surface area contributed by atoms with Gasteiger partial charge in [-0.2, -0.15) is 0 Å². The van der Waals surface area contributed by atoms with Gasteiger partial charge in [-0.05, 0) is 45.7 Å². The molecule has 0 aliphatic carbocycles. The van der Waals surface area contributed by atoms with Crippen LogP contribution in [0.1, 0.15) is 50.6 Å². The van der Waals surface area contributed by atoms with Crippen molar-refractivity contribution in [2.45, 2.75) is 51.4 Å². The van der Waals surface area contributed by atoms with Crippen LogP contribution in [0.15, 0.2) is 36.4 Å². The first kappa shape index (κ1) is 26.0. The van der Waals surface area contributed by atoms with Crippen molar-refractivity contribution in [1.29, 1.82) is 0 Å². The molecule has 2 aliphatic heterocycles. The van der Waals surface area contributed by atoms with Crippen molar-refractivity contribution in [2.24, 2.45) is 5.92 Å². The molecule has 0 saturated carbocycles. The first-order valence-corrected chi connectivity index (χ1v) is 12.9. The summed E-state index contributed by atoms with van der Waals surface area (Å²) in [6, 6.07) is 9.39. The van der Waals surface area contributed by atoms with E-state index in [0.29, 0.717) is 31.7 Å². The Labute approximate surface area is 215 Å². The Hall–Kier alpha value is -2.58. The average Bonchev–Trinajstić information content (AvgIpc) is 3.13. The van der Waals surface area contributed by atoms with Crippen LogP contribution in [0.5, 0.6) is 5.75 Å². The van der Waals surface area contributed by atoms with Crippen LogP contribution < -0.4 is 4.74 Å². The molecule has 0 amide bonds. The molecule has 2 aromatic carbocycles. The Morgan fingerprint density at radius 1 is 1.11 bits per heavy atom. The van der Waals surface area contributed by atoms with E-state index < -0.39 is 28.9 Å². The lowest BCUT2D eigenvalue weighted by molar-refractivity contribution is 0.0150. The highest BCUT2D eigenvalue weighted by atomic mass is 19.1. The summed E-state index contributed by atoms with van der Waals surface area (Å²) in [4.78, 5) is 7.31. The Kier molecular flexibility index (Phi) is 6.77. The fourth-order valence-electron chi connectivity index (χ4n) is 5.85. The van der Waals surface area contributed by atoms with Crippen LogP contribution in [0.4, 0.5) is 17.6 Å². The van der Waals surface area contributed by atoms with Gasteiger partial charge in [-0.25, -0.2) is 13.2 Å². The number of aromatic amines is 1. The van der Waals surface area contributed by atoms with Crippen molar-refractivity contribution in [1.82, 2.24) is 14.8 Å². The quantitative estimate of drug-likeness (QED) is 0.361. The summed E-state index contributed by atoms with van der Waals surface area (Å²) in [6.07, 6.45) is 0.614. The number of alkyl halides is 2. The van der Waals surface area contributed by atoms with Gasteiger partial charge in [-0.1, -0.05) is 18.2 Å². The van der Waals surface area contributed by atoms with Gasteiger partial charge in [-0.15, -0.1) is 0 Å². The van der Waals surface area contributed by atoms with Gasteiger partial charge in [0.25, 0.3) is 0 Å². The van der Waals surface area contributed by atoms with Gasteiger partial charge >= 0.3 is 0 Å². The third kappa shape index (κ3) is 5.10. The molecule has 5 rings (SSSR count). The minimum Gasteiger partial charge on any atom is -0.492 e. The number of hydrogen-bond acceptors (Lipinski definition) is 3. The molecule has 200 valence electrons. The zero-order chi connectivity index (χ0) is 26.5. The number of halogens is 4. The largest absolute Gasteiger partial charge is 0.492 e. The topological polar surface area (TPSA) is 31.5 Å². The van der Waals surface area contributed by atoms with Gasteiger partial charge in [0, 0.05) is 71.9 Å². The van der Waals surface area contributed by atoms with Crippen molar-refractivity contribution >= 4 is 10.9 Å². The summed E-state index contributed by atoms with van der Waals surface area (Å²) in [5, 5.41) is 1.01. The smallest absolute Gasteiger partial charge is 0.135 e. The van der Waals surface area contributed by atoms with E-state index in [0.717, 1.165) is 16.5 Å². The van der Waals surface area contributed by atoms with Crippen LogP contribution in [-0.2, 0) is 6.42 Å². The minimum absolute atomic E-state index is 0.00626. The van der Waals surface area contributed by atoms with Gasteiger partial charge < -0.3 is 9.72 Å². The number of nitrogens with zero attached hydrogens (tertiary/aromatic N) is 2. The van der Waals surface area contributed by atoms with Crippen molar-refractivity contribution in [2.75, 3.05) is 39.5 Å². The molecular weight excluding hydrogens is 482 g/mol. The van der Waals surface area contributed by atoms with E-state index in [1.165, 1.54) is 26.0 Å². The van der Waals surface area contributed by atoms with E-state index in [4.69, 9.17) is 4.74 Å². The number of aromatic nitrogens is 1. The predicted octanol–water partition coefficient (Wildman–Crippen LogP) is 6.20. The lowest BCUT2D eigenvalue weighted by atomic mass is 9.80. The normalized spacial score (nSPS) is 20.7. The highest BCUT2D eigenvalue weighted by Gasteiger charge is 2.46. The maximum Gasteiger partial charge on any atom is 0.135 e. The van der Waals surface area contributed by atoms with E-state index in [9.17, 15) is 4.39 Å². The lowest BCUT2D eigenvalue weighted by Gasteiger charge is -2.49. The first-order valence-electron chi connectivity index (χ1n) is 12.9. The number of benzene rings is 2. The van der Waals surface area contributed by atoms with E-state index in [-0.39, 0.29) is 37.1 Å². The Morgan fingerprint density at radius 3 is 2.43 bits per heavy atom. The lowest BCUT2D eigenvalue weighted by Crippen LogP contribution is -2.55. The van der Waals surface area contributed by atoms with Crippen LogP contribution in [0, 0.1) is 17.6 Å². The predicted molar refractivity (Wildman–Crippen MR) is 138 cm³/mol. The monoisotopic (exact) mass is 517 g/mol. The Morgan fingerprint density at radius 2 is 1.78 bits per heavy atom. The van der Waals surface area contributed by atoms with Gasteiger partial charge in [0.1, 0.15) is 29.7 Å². The zero-order valence-electron chi connectivity index (χ0n) is 21.9. The number of hydrogen-bond donors (Lipinski definition) is 1. The summed E-state index contributed by atoms with van der Waals surface area (Å²) in [6.45, 7) is 8.79. The second-order valence-corrected chi connectivity index (χ2v) is 11.7. The molecular formula is C29H35F4N3O. The van der Waals surface area contributed by atoms with Crippen LogP contribution >= 0.6 is 0 Å². The van der Waals surface area contributed by atoms with Crippen LogP contribution in [-0.4, -0.2) is 65.5 Å². The molecule has 0 bridgehead atoms. The van der Waals surface area contributed by atoms with Gasteiger partial charge in [0.05, 0.1) is 12.7 Å². The molecule has 1 N–H and O–H groups in total. The molecule has 1 atom stereocenters. The molecule has 0 radical (unpaired) electrons. The average molecular weight is 518 g/mol. The molecule has 4 nitrogen and oxygen atoms in total. The van der Waals surface area contributed by atoms with Crippen LogP contribution in [0.3, 0.4) is 0 Å². The first-order chi connectivity index (χ1) is 17.5. The van der Waals surface area contributed by atoms with Crippen LogP contribution in [0.2, 0.25) is 0 Å². The third-order valence-electron chi connectivity index (χ3n) is 7.62. The fourth-order valence-corrected chi connectivity index (χ4v) is 5.85. The molecule has 1 aromatic heterocycles. The number of nitrogens with one attached hydrogen (secondary N) is 1. The summed E-state index contributed by atoms with van der Waals surface area (Å²) in [7, 11) is 0. The molecule has 3 heterocycles. The fraction of sp³-hybridized carbons (Fsp3) is 0.517. The van der Waals surface area contributed by atoms with Gasteiger partial charge in [0.2, 0.25) is 0 Å². The number of likely N-dealkylation sites (tertiary alicyclic amines) is 1. The maximum absolute atomic E-state index is 15.8. The van der Waals surface area contributed by atoms with Crippen LogP contribution in [0.25, 0.3) is 10.9 Å². The van der Waals surface area contributed by atoms with E-state index in [2.05, 4.69) is 4.98 Å². The molecule has 2 aliphatic rings. The van der Waals surface area contributed by atoms with E-state index in [1.54, 1.807) is 0 Å². The second-order valence-electron chi connectivity index (χ2n) is 11.7. The van der Waals surface area contributed by atoms with Crippen molar-refractivity contribution in [3.8, 4) is 5.75 Å². The molecule has 0 spiro atoms. The summed E-state index contributed by atoms with van der Waals surface area (Å²) >= 11 is 0. The summed E-state index contributed by atoms with van der Waals surface area (Å²) < 4.78 is 64.9. The zero-order valence-corrected chi connectivity index (χ0v) is 21.9. The summed E-state index contributed by atoms with van der Waals surface area (Å²) in [5.74, 6) is -1.29. The molecule has 37 heavy (non-hydrogen) atoms. The highest BCUT2D eigenvalue weighted by molar-refractivity contribution is 5.85. The number of rotatable bonds is 8. The molecule has 1 unspecified atom stereocenters. The van der Waals surface area contributed by atoms with Gasteiger partial charge in [-0.3, -0.25) is 14.2 Å². The van der Waals surface area contributed by atoms with Crippen molar-refractivity contribution < 1.29 is 22.3 Å². The van der Waals surface area contributed by atoms with Crippen molar-refractivity contribution in [3.05, 3.63) is 64.9 Å². The SMILES string of the molecule is CC(C)(F)CN1C(c2c(F)cc(OCCN3CC(CF)C3)cc2F)c2[nH]c3ccccc3c2CC1(C)C. The standard InChI is InChI=1S/C29H35F4N3O/c1-28(2,33)17-36-27(26-21(13-29(36,3)4)20-7-5-6-8-24(20)34-26)25-22(31)11-19(12-23(25)32)37-10-9-35-15-18(14-30)16-35/h5-8,11-12,18,27,34H,9-10,13-17H2,1-4H3. The Bertz CT molecular complexity index is 1250. The Balaban J connectivity index is 1.50. The second kappa shape index (κ2) is 9.62. The highest BCUT2D eigenvalue weighted by Crippen LogP contribution is 2.47. The molecule has 8 heteroatoms. The third-order valence-corrected chi connectivity index (χ3v) is 7.62. The molecule has 3 aromatic rings. The van der Waals surface area contributed by atoms with E-state index >= 15 is 13.2 Å².